The lowest BCUT2D eigenvalue weighted by Crippen LogP contribution is -2.45. The van der Waals surface area contributed by atoms with E-state index in [4.69, 9.17) is 0 Å². The van der Waals surface area contributed by atoms with E-state index < -0.39 is 0 Å². The van der Waals surface area contributed by atoms with Gasteiger partial charge < -0.3 is 10.2 Å². The summed E-state index contributed by atoms with van der Waals surface area (Å²) < 4.78 is 0. The van der Waals surface area contributed by atoms with Crippen LogP contribution in [0.5, 0.6) is 0 Å². The number of benzene rings is 1. The summed E-state index contributed by atoms with van der Waals surface area (Å²) in [5, 5.41) is 5.89. The van der Waals surface area contributed by atoms with Crippen LogP contribution in [0, 0.1) is 5.92 Å². The molecule has 1 saturated heterocycles. The SMILES string of the molecule is CC(=O)N[C@H](c1nccs1)[C@@H]1CCCN(C(=O)CCc2ccccc2)C1. The second kappa shape index (κ2) is 8.94. The van der Waals surface area contributed by atoms with Gasteiger partial charge in [0, 0.05) is 43.9 Å². The number of hydrogen-bond donors (Lipinski definition) is 1. The zero-order valence-corrected chi connectivity index (χ0v) is 15.9. The van der Waals surface area contributed by atoms with Crippen molar-refractivity contribution in [2.75, 3.05) is 13.1 Å². The van der Waals surface area contributed by atoms with E-state index in [1.54, 1.807) is 17.5 Å². The van der Waals surface area contributed by atoms with E-state index >= 15 is 0 Å². The zero-order valence-electron chi connectivity index (χ0n) is 15.1. The van der Waals surface area contributed by atoms with Gasteiger partial charge in [0.15, 0.2) is 0 Å². The van der Waals surface area contributed by atoms with Crippen LogP contribution in [0.25, 0.3) is 0 Å². The molecule has 0 radical (unpaired) electrons. The highest BCUT2D eigenvalue weighted by molar-refractivity contribution is 7.09. The van der Waals surface area contributed by atoms with E-state index in [1.807, 2.05) is 28.5 Å². The molecule has 0 saturated carbocycles. The third-order valence-corrected chi connectivity index (χ3v) is 5.69. The molecule has 2 atom stereocenters. The van der Waals surface area contributed by atoms with Crippen molar-refractivity contribution in [2.45, 2.75) is 38.6 Å². The lowest BCUT2D eigenvalue weighted by atomic mass is 9.90. The number of aromatic nitrogens is 1. The maximum absolute atomic E-state index is 12.7. The Bertz CT molecular complexity index is 718. The van der Waals surface area contributed by atoms with Crippen LogP contribution in [-0.4, -0.2) is 34.8 Å². The largest absolute Gasteiger partial charge is 0.347 e. The average molecular weight is 372 g/mol. The first-order chi connectivity index (χ1) is 12.6. The maximum atomic E-state index is 12.7. The Morgan fingerprint density at radius 3 is 2.85 bits per heavy atom. The van der Waals surface area contributed by atoms with Crippen molar-refractivity contribution in [1.82, 2.24) is 15.2 Å². The van der Waals surface area contributed by atoms with E-state index in [2.05, 4.69) is 22.4 Å². The number of rotatable bonds is 6. The van der Waals surface area contributed by atoms with Gasteiger partial charge in [0.05, 0.1) is 6.04 Å². The first-order valence-corrected chi connectivity index (χ1v) is 9.99. The molecule has 2 heterocycles. The molecule has 3 rings (SSSR count). The van der Waals surface area contributed by atoms with Crippen LogP contribution in [0.3, 0.4) is 0 Å². The van der Waals surface area contributed by atoms with Crippen LogP contribution in [0.4, 0.5) is 0 Å². The number of aryl methyl sites for hydroxylation is 1. The molecule has 1 aliphatic heterocycles. The van der Waals surface area contributed by atoms with Crippen LogP contribution >= 0.6 is 11.3 Å². The standard InChI is InChI=1S/C20H25N3O2S/c1-15(24)22-19(20-21-11-13-26-20)17-8-5-12-23(14-17)18(25)10-9-16-6-3-2-4-7-16/h2-4,6-7,11,13,17,19H,5,8-10,12,14H2,1H3,(H,22,24)/t17-,19+/m1/s1. The first kappa shape index (κ1) is 18.6. The topological polar surface area (TPSA) is 62.3 Å². The van der Waals surface area contributed by atoms with Crippen molar-refractivity contribution in [3.63, 3.8) is 0 Å². The molecule has 1 aromatic heterocycles. The van der Waals surface area contributed by atoms with Crippen molar-refractivity contribution in [3.05, 3.63) is 52.5 Å². The molecule has 2 aromatic rings. The minimum absolute atomic E-state index is 0.0577. The number of thiazole rings is 1. The number of hydrogen-bond acceptors (Lipinski definition) is 4. The van der Waals surface area contributed by atoms with Gasteiger partial charge in [-0.2, -0.15) is 0 Å². The molecule has 26 heavy (non-hydrogen) atoms. The smallest absolute Gasteiger partial charge is 0.222 e. The van der Waals surface area contributed by atoms with Gasteiger partial charge in [0.2, 0.25) is 11.8 Å². The Kier molecular flexibility index (Phi) is 6.39. The average Bonchev–Trinajstić information content (AvgIpc) is 3.19. The molecule has 0 aliphatic carbocycles. The van der Waals surface area contributed by atoms with Gasteiger partial charge >= 0.3 is 0 Å². The molecule has 0 unspecified atom stereocenters. The molecule has 6 heteroatoms. The number of amides is 2. The molecule has 1 aromatic carbocycles. The fourth-order valence-corrected chi connectivity index (χ4v) is 4.33. The van der Waals surface area contributed by atoms with Gasteiger partial charge in [-0.1, -0.05) is 30.3 Å². The molecule has 1 fully saturated rings. The zero-order chi connectivity index (χ0) is 18.4. The van der Waals surface area contributed by atoms with Gasteiger partial charge in [-0.25, -0.2) is 4.98 Å². The summed E-state index contributed by atoms with van der Waals surface area (Å²) in [6.07, 6.45) is 5.01. The number of likely N-dealkylation sites (tertiary alicyclic amines) is 1. The van der Waals surface area contributed by atoms with Crippen molar-refractivity contribution in [2.24, 2.45) is 5.92 Å². The van der Waals surface area contributed by atoms with Crippen molar-refractivity contribution < 1.29 is 9.59 Å². The quantitative estimate of drug-likeness (QED) is 0.848. The predicted octanol–water partition coefficient (Wildman–Crippen LogP) is 3.19. The van der Waals surface area contributed by atoms with Gasteiger partial charge in [-0.3, -0.25) is 9.59 Å². The number of carbonyl (C=O) groups is 2. The van der Waals surface area contributed by atoms with Crippen LogP contribution in [0.1, 0.15) is 42.8 Å². The molecule has 1 N–H and O–H groups in total. The first-order valence-electron chi connectivity index (χ1n) is 9.11. The highest BCUT2D eigenvalue weighted by Gasteiger charge is 2.32. The highest BCUT2D eigenvalue weighted by atomic mass is 32.1. The number of carbonyl (C=O) groups excluding carboxylic acids is 2. The van der Waals surface area contributed by atoms with Gasteiger partial charge in [-0.05, 0) is 24.8 Å². The van der Waals surface area contributed by atoms with Gasteiger partial charge in [-0.15, -0.1) is 11.3 Å². The molecule has 2 amide bonds. The fourth-order valence-electron chi connectivity index (χ4n) is 3.55. The van der Waals surface area contributed by atoms with Crippen molar-refractivity contribution >= 4 is 23.2 Å². The maximum Gasteiger partial charge on any atom is 0.222 e. The summed E-state index contributed by atoms with van der Waals surface area (Å²) in [5.41, 5.74) is 1.19. The number of nitrogens with zero attached hydrogens (tertiary/aromatic N) is 2. The Morgan fingerprint density at radius 1 is 1.35 bits per heavy atom. The summed E-state index contributed by atoms with van der Waals surface area (Å²) >= 11 is 1.55. The third-order valence-electron chi connectivity index (χ3n) is 4.83. The van der Waals surface area contributed by atoms with Gasteiger partial charge in [0.1, 0.15) is 5.01 Å². The van der Waals surface area contributed by atoms with E-state index in [1.165, 1.54) is 12.5 Å². The van der Waals surface area contributed by atoms with Gasteiger partial charge in [0.25, 0.3) is 0 Å². The second-order valence-electron chi connectivity index (χ2n) is 6.78. The Morgan fingerprint density at radius 2 is 2.15 bits per heavy atom. The number of nitrogens with one attached hydrogen (secondary N) is 1. The normalized spacial score (nSPS) is 18.3. The molecule has 1 aliphatic rings. The molecule has 0 bridgehead atoms. The third kappa shape index (κ3) is 4.91. The van der Waals surface area contributed by atoms with Crippen LogP contribution < -0.4 is 5.32 Å². The highest BCUT2D eigenvalue weighted by Crippen LogP contribution is 2.31. The predicted molar refractivity (Wildman–Crippen MR) is 103 cm³/mol. The summed E-state index contributed by atoms with van der Waals surface area (Å²) in [6, 6.07) is 9.99. The molecular formula is C20H25N3O2S. The van der Waals surface area contributed by atoms with E-state index in [9.17, 15) is 9.59 Å². The molecular weight excluding hydrogens is 346 g/mol. The minimum atomic E-state index is -0.114. The Balaban J connectivity index is 1.61. The van der Waals surface area contributed by atoms with Crippen LogP contribution in [0.2, 0.25) is 0 Å². The van der Waals surface area contributed by atoms with Crippen LogP contribution in [-0.2, 0) is 16.0 Å². The number of piperidine rings is 1. The minimum Gasteiger partial charge on any atom is -0.347 e. The molecule has 138 valence electrons. The summed E-state index contributed by atoms with van der Waals surface area (Å²) in [6.45, 7) is 3.01. The van der Waals surface area contributed by atoms with E-state index in [0.717, 1.165) is 30.8 Å². The molecule has 0 spiro atoms. The summed E-state index contributed by atoms with van der Waals surface area (Å²) in [7, 11) is 0. The molecule has 5 nitrogen and oxygen atoms in total. The van der Waals surface area contributed by atoms with Crippen LogP contribution in [0.15, 0.2) is 41.9 Å². The Labute approximate surface area is 158 Å². The van der Waals surface area contributed by atoms with E-state index in [-0.39, 0.29) is 23.8 Å². The second-order valence-corrected chi connectivity index (χ2v) is 7.70. The summed E-state index contributed by atoms with van der Waals surface area (Å²) in [4.78, 5) is 30.7. The Hall–Kier alpha value is -2.21. The lowest BCUT2D eigenvalue weighted by Gasteiger charge is -2.36. The van der Waals surface area contributed by atoms with E-state index in [0.29, 0.717) is 13.0 Å². The van der Waals surface area contributed by atoms with Crippen molar-refractivity contribution in [3.8, 4) is 0 Å². The monoisotopic (exact) mass is 371 g/mol. The summed E-state index contributed by atoms with van der Waals surface area (Å²) in [5.74, 6) is 0.344. The lowest BCUT2D eigenvalue weighted by molar-refractivity contribution is -0.133. The van der Waals surface area contributed by atoms with Crippen molar-refractivity contribution in [1.29, 1.82) is 0 Å². The fraction of sp³-hybridized carbons (Fsp3) is 0.450.